The number of amides is 1. The number of H-pyrrole nitrogens is 1. The van der Waals surface area contributed by atoms with Gasteiger partial charge < -0.3 is 20.4 Å². The minimum Gasteiger partial charge on any atom is -0.455 e. The third-order valence-electron chi connectivity index (χ3n) is 13.5. The molecule has 4 N–H and O–H groups in total. The van der Waals surface area contributed by atoms with Crippen LogP contribution in [0.4, 0.5) is 17.1 Å². The molecule has 4 aliphatic rings. The molecule has 5 aromatic rings. The smallest absolute Gasteiger partial charge is 0.293 e. The number of pyridine rings is 1. The molecular weight excluding hydrogens is 761 g/mol. The Balaban J connectivity index is 0.895. The van der Waals surface area contributed by atoms with E-state index in [-0.39, 0.29) is 17.3 Å². The topological polar surface area (TPSA) is 146 Å². The zero-order valence-corrected chi connectivity index (χ0v) is 34.8. The Morgan fingerprint density at radius 3 is 2.58 bits per heavy atom. The van der Waals surface area contributed by atoms with Gasteiger partial charge in [0, 0.05) is 85.1 Å². The predicted molar refractivity (Wildman–Crippen MR) is 234 cm³/mol. The third-order valence-corrected chi connectivity index (χ3v) is 14.3. The fraction of sp³-hybridized carbons (Fsp3) is 0.435. The number of nitrogens with two attached hydrogens (primary N) is 1. The number of nitro groups is 1. The van der Waals surface area contributed by atoms with Crippen LogP contribution >= 0.6 is 11.9 Å². The average Bonchev–Trinajstić information content (AvgIpc) is 3.95. The Hall–Kier alpha value is -5.11. The first-order valence-corrected chi connectivity index (χ1v) is 22.0. The summed E-state index contributed by atoms with van der Waals surface area (Å²) in [6.45, 7) is 10.0. The van der Waals surface area contributed by atoms with Gasteiger partial charge in [-0.25, -0.2) is 4.98 Å². The fourth-order valence-electron chi connectivity index (χ4n) is 10.3. The minimum absolute atomic E-state index is 0.0652. The minimum atomic E-state index is -0.533. The van der Waals surface area contributed by atoms with Crippen molar-refractivity contribution in [3.8, 4) is 11.5 Å². The van der Waals surface area contributed by atoms with Gasteiger partial charge in [0.2, 0.25) is 0 Å². The molecule has 2 saturated heterocycles. The first-order valence-electron chi connectivity index (χ1n) is 21.2. The van der Waals surface area contributed by atoms with Crippen molar-refractivity contribution in [1.82, 2.24) is 24.5 Å². The van der Waals surface area contributed by atoms with Crippen molar-refractivity contribution in [1.29, 1.82) is 0 Å². The van der Waals surface area contributed by atoms with Crippen LogP contribution in [0.1, 0.15) is 98.7 Å². The molecule has 308 valence electrons. The highest BCUT2D eigenvalue weighted by Crippen LogP contribution is 2.53. The number of piperidine rings is 1. The van der Waals surface area contributed by atoms with Crippen LogP contribution in [-0.4, -0.2) is 75.4 Å². The number of nitrogen functional groups attached to an aromatic ring is 1. The number of nitro benzene ring substituents is 1. The molecule has 0 radical (unpaired) electrons. The lowest BCUT2D eigenvalue weighted by molar-refractivity contribution is -0.384. The summed E-state index contributed by atoms with van der Waals surface area (Å²) in [5.41, 5.74) is 11.1. The number of fused-ring (bicyclic) bond motifs is 1. The summed E-state index contributed by atoms with van der Waals surface area (Å²) >= 11 is 0.991. The van der Waals surface area contributed by atoms with Crippen LogP contribution < -0.4 is 20.1 Å². The zero-order valence-electron chi connectivity index (χ0n) is 33.9. The number of nitrogens with one attached hydrogen (secondary N) is 2. The molecule has 12 nitrogen and oxygen atoms in total. The largest absolute Gasteiger partial charge is 0.455 e. The van der Waals surface area contributed by atoms with Gasteiger partial charge in [0.05, 0.1) is 16.7 Å². The molecule has 4 heterocycles. The van der Waals surface area contributed by atoms with Gasteiger partial charge in [-0.1, -0.05) is 51.0 Å². The molecule has 2 aromatic heterocycles. The Labute approximate surface area is 350 Å². The molecule has 1 spiro atoms. The number of hydrogen-bond acceptors (Lipinski definition) is 10. The zero-order chi connectivity index (χ0) is 40.7. The molecule has 2 aliphatic carbocycles. The van der Waals surface area contributed by atoms with Crippen LogP contribution in [0.2, 0.25) is 0 Å². The van der Waals surface area contributed by atoms with Gasteiger partial charge in [-0.3, -0.25) is 29.4 Å². The highest BCUT2D eigenvalue weighted by molar-refractivity contribution is 7.98. The van der Waals surface area contributed by atoms with E-state index in [2.05, 4.69) is 67.5 Å². The fourth-order valence-corrected chi connectivity index (χ4v) is 10.9. The van der Waals surface area contributed by atoms with Crippen molar-refractivity contribution in [2.24, 2.45) is 5.41 Å². The van der Waals surface area contributed by atoms with Gasteiger partial charge in [0.15, 0.2) is 0 Å². The van der Waals surface area contributed by atoms with Gasteiger partial charge in [0.1, 0.15) is 22.8 Å². The summed E-state index contributed by atoms with van der Waals surface area (Å²) in [4.78, 5) is 40.9. The second-order valence-corrected chi connectivity index (χ2v) is 18.3. The summed E-state index contributed by atoms with van der Waals surface area (Å²) in [5, 5.41) is 12.3. The molecule has 2 aliphatic heterocycles. The molecule has 59 heavy (non-hydrogen) atoms. The van der Waals surface area contributed by atoms with E-state index in [1.807, 2.05) is 30.5 Å². The summed E-state index contributed by atoms with van der Waals surface area (Å²) in [7, 11) is 0. The first-order chi connectivity index (χ1) is 28.6. The monoisotopic (exact) mass is 814 g/mol. The Morgan fingerprint density at radius 2 is 1.80 bits per heavy atom. The van der Waals surface area contributed by atoms with Crippen LogP contribution in [0.3, 0.4) is 0 Å². The number of piperazine rings is 1. The molecule has 13 heteroatoms. The van der Waals surface area contributed by atoms with Gasteiger partial charge in [-0.15, -0.1) is 0 Å². The van der Waals surface area contributed by atoms with Crippen LogP contribution in [0.15, 0.2) is 90.1 Å². The van der Waals surface area contributed by atoms with Gasteiger partial charge in [-0.2, -0.15) is 0 Å². The molecule has 1 amide bonds. The molecule has 1 unspecified atom stereocenters. The van der Waals surface area contributed by atoms with E-state index in [0.717, 1.165) is 73.7 Å². The maximum atomic E-state index is 13.7. The van der Waals surface area contributed by atoms with E-state index < -0.39 is 4.92 Å². The van der Waals surface area contributed by atoms with Crippen LogP contribution in [0.5, 0.6) is 11.5 Å². The number of aromatic amines is 1. The standard InChI is InChI=1S/C46H54N8O4S/c1-30(2)37-9-5-6-10-38(37)42-29-52(32-7-3-4-8-32)21-22-53(42)34-26-46(27-34)16-19-51(20-17-46)33-11-13-39(43(24-33)58-35-23-31-15-18-48-44(31)49-28-35)45(55)50-59-36-12-14-40(47)41(25-36)54(56)57/h5-6,9-15,18,23-25,28,30,32,34,42H,3-4,7-8,16-17,19-22,26-27,29,47H2,1-2H3,(H,48,49)(H,50,55). The Bertz CT molecular complexity index is 2330. The molecule has 3 aromatic carbocycles. The predicted octanol–water partition coefficient (Wildman–Crippen LogP) is 9.46. The number of carbonyl (C=O) groups excluding carboxylic acids is 1. The summed E-state index contributed by atoms with van der Waals surface area (Å²) in [6, 6.07) is 25.1. The number of benzene rings is 3. The van der Waals surface area contributed by atoms with Crippen molar-refractivity contribution >= 4 is 46.0 Å². The maximum absolute atomic E-state index is 13.7. The molecular formula is C46H54N8O4S. The molecule has 0 bridgehead atoms. The number of nitrogens with zero attached hydrogens (tertiary/aromatic N) is 5. The highest BCUT2D eigenvalue weighted by atomic mass is 32.2. The average molecular weight is 815 g/mol. The molecule has 1 atom stereocenters. The van der Waals surface area contributed by atoms with E-state index in [1.165, 1.54) is 68.3 Å². The highest BCUT2D eigenvalue weighted by Gasteiger charge is 2.50. The summed E-state index contributed by atoms with van der Waals surface area (Å²) in [5.74, 6) is 1.04. The van der Waals surface area contributed by atoms with Gasteiger partial charge in [-0.05, 0) is 109 Å². The lowest BCUT2D eigenvalue weighted by atomic mass is 9.59. The van der Waals surface area contributed by atoms with Crippen molar-refractivity contribution < 1.29 is 14.5 Å². The van der Waals surface area contributed by atoms with Crippen molar-refractivity contribution in [3.63, 3.8) is 0 Å². The number of hydrogen-bond donors (Lipinski definition) is 3. The molecule has 2 saturated carbocycles. The van der Waals surface area contributed by atoms with Crippen molar-refractivity contribution in [2.45, 2.75) is 94.2 Å². The number of aromatic nitrogens is 2. The van der Waals surface area contributed by atoms with Gasteiger partial charge >= 0.3 is 0 Å². The summed E-state index contributed by atoms with van der Waals surface area (Å²) in [6.07, 6.45) is 13.7. The maximum Gasteiger partial charge on any atom is 0.293 e. The summed E-state index contributed by atoms with van der Waals surface area (Å²) < 4.78 is 9.27. The second kappa shape index (κ2) is 16.5. The molecule has 4 fully saturated rings. The van der Waals surface area contributed by atoms with Crippen LogP contribution in [-0.2, 0) is 0 Å². The van der Waals surface area contributed by atoms with Crippen LogP contribution in [0, 0.1) is 15.5 Å². The van der Waals surface area contributed by atoms with Gasteiger partial charge in [0.25, 0.3) is 11.6 Å². The SMILES string of the molecule is CC(C)c1ccccc1C1CN(C2CCCC2)CCN1C1CC2(CCN(c3ccc(C(=O)NSc4ccc(N)c([N+](=O)[O-])c4)c(Oc4cnc5[nH]ccc5c4)c3)CC2)C1. The second-order valence-electron chi connectivity index (χ2n) is 17.4. The Morgan fingerprint density at radius 1 is 1.00 bits per heavy atom. The number of ether oxygens (including phenoxy) is 1. The Kier molecular flexibility index (Phi) is 11.0. The number of carbonyl (C=O) groups is 1. The van der Waals surface area contributed by atoms with Crippen molar-refractivity contribution in [3.05, 3.63) is 112 Å². The number of rotatable bonds is 11. The van der Waals surface area contributed by atoms with E-state index in [0.29, 0.717) is 45.4 Å². The van der Waals surface area contributed by atoms with E-state index in [9.17, 15) is 14.9 Å². The lowest BCUT2D eigenvalue weighted by Crippen LogP contribution is -2.60. The van der Waals surface area contributed by atoms with Crippen LogP contribution in [0.25, 0.3) is 11.0 Å². The molecule has 9 rings (SSSR count). The van der Waals surface area contributed by atoms with Crippen molar-refractivity contribution in [2.75, 3.05) is 43.4 Å². The van der Waals surface area contributed by atoms with E-state index in [4.69, 9.17) is 10.5 Å². The normalized spacial score (nSPS) is 20.3. The van der Waals surface area contributed by atoms with E-state index in [1.54, 1.807) is 18.3 Å². The van der Waals surface area contributed by atoms with E-state index >= 15 is 0 Å². The number of anilines is 2. The third kappa shape index (κ3) is 8.12. The quantitative estimate of drug-likeness (QED) is 0.0510. The first kappa shape index (κ1) is 39.4. The lowest BCUT2D eigenvalue weighted by Gasteiger charge is -2.58.